The largest absolute Gasteiger partial charge is 0.385 e. The first-order chi connectivity index (χ1) is 6.04. The third kappa shape index (κ3) is 5.20. The Morgan fingerprint density at radius 3 is 2.54 bits per heavy atom. The van der Waals surface area contributed by atoms with Gasteiger partial charge in [-0.3, -0.25) is 0 Å². The summed E-state index contributed by atoms with van der Waals surface area (Å²) in [7, 11) is -0.0328. The Bertz CT molecular complexity index is 216. The van der Waals surface area contributed by atoms with E-state index in [2.05, 4.69) is 0 Å². The van der Waals surface area contributed by atoms with Crippen molar-refractivity contribution in [3.8, 4) is 0 Å². The van der Waals surface area contributed by atoms with Crippen LogP contribution in [0.5, 0.6) is 0 Å². The second-order valence-corrected chi connectivity index (χ2v) is 4.97. The van der Waals surface area contributed by atoms with Gasteiger partial charge in [0.1, 0.15) is 0 Å². The Kier molecular flexibility index (Phi) is 6.23. The first kappa shape index (κ1) is 12.8. The molecule has 0 bridgehead atoms. The Labute approximate surface area is 79.9 Å². The molecule has 2 N–H and O–H groups in total. The number of nitrogens with two attached hydrogens (primary N) is 1. The summed E-state index contributed by atoms with van der Waals surface area (Å²) in [5, 5.41) is 0. The van der Waals surface area contributed by atoms with Gasteiger partial charge in [0.25, 0.3) is 0 Å². The molecule has 0 aromatic carbocycles. The third-order valence-electron chi connectivity index (χ3n) is 1.67. The van der Waals surface area contributed by atoms with E-state index in [0.717, 1.165) is 0 Å². The number of likely N-dealkylation sites (N-methyl/N-ethyl adjacent to an activating group) is 1. The fourth-order valence-corrected chi connectivity index (χ4v) is 2.04. The second-order valence-electron chi connectivity index (χ2n) is 2.77. The second kappa shape index (κ2) is 6.31. The molecular weight excluding hydrogens is 192 g/mol. The van der Waals surface area contributed by atoms with E-state index in [0.29, 0.717) is 26.1 Å². The van der Waals surface area contributed by atoms with Gasteiger partial charge in [-0.2, -0.15) is 0 Å². The molecule has 0 aliphatic rings. The lowest BCUT2D eigenvalue weighted by atomic mass is 10.5. The smallest absolute Gasteiger partial charge is 0.213 e. The van der Waals surface area contributed by atoms with Crippen molar-refractivity contribution in [3.05, 3.63) is 0 Å². The SMILES string of the molecule is COCCCS(=O)(=O)N(C)CCN. The van der Waals surface area contributed by atoms with Gasteiger partial charge >= 0.3 is 0 Å². The van der Waals surface area contributed by atoms with Gasteiger partial charge in [-0.25, -0.2) is 12.7 Å². The standard InChI is InChI=1S/C7H18N2O3S/c1-9(5-4-8)13(10,11)7-3-6-12-2/h3-8H2,1-2H3. The molecule has 0 saturated carbocycles. The molecule has 0 atom stereocenters. The van der Waals surface area contributed by atoms with E-state index in [-0.39, 0.29) is 5.75 Å². The van der Waals surface area contributed by atoms with E-state index in [9.17, 15) is 8.42 Å². The Hall–Kier alpha value is -0.170. The lowest BCUT2D eigenvalue weighted by molar-refractivity contribution is 0.199. The van der Waals surface area contributed by atoms with Gasteiger partial charge in [0.2, 0.25) is 10.0 Å². The summed E-state index contributed by atoms with van der Waals surface area (Å²) in [4.78, 5) is 0. The van der Waals surface area contributed by atoms with Crippen LogP contribution in [0.3, 0.4) is 0 Å². The maximum absolute atomic E-state index is 11.4. The Morgan fingerprint density at radius 1 is 1.46 bits per heavy atom. The maximum atomic E-state index is 11.4. The first-order valence-corrected chi connectivity index (χ1v) is 5.78. The van der Waals surface area contributed by atoms with Crippen LogP contribution in [0.4, 0.5) is 0 Å². The van der Waals surface area contributed by atoms with Crippen LogP contribution in [0.15, 0.2) is 0 Å². The van der Waals surface area contributed by atoms with Crippen molar-refractivity contribution in [2.45, 2.75) is 6.42 Å². The highest BCUT2D eigenvalue weighted by molar-refractivity contribution is 7.89. The average Bonchev–Trinajstić information content (AvgIpc) is 2.05. The first-order valence-electron chi connectivity index (χ1n) is 4.17. The van der Waals surface area contributed by atoms with E-state index < -0.39 is 10.0 Å². The molecule has 0 heterocycles. The minimum absolute atomic E-state index is 0.122. The lowest BCUT2D eigenvalue weighted by Crippen LogP contribution is -2.33. The molecule has 0 spiro atoms. The normalized spacial score (nSPS) is 12.3. The van der Waals surface area contributed by atoms with Crippen molar-refractivity contribution in [2.24, 2.45) is 5.73 Å². The summed E-state index contributed by atoms with van der Waals surface area (Å²) < 4.78 is 28.9. The van der Waals surface area contributed by atoms with Gasteiger partial charge in [-0.15, -0.1) is 0 Å². The molecule has 6 heteroatoms. The minimum Gasteiger partial charge on any atom is -0.385 e. The summed E-state index contributed by atoms with van der Waals surface area (Å²) in [5.74, 6) is 0.122. The highest BCUT2D eigenvalue weighted by atomic mass is 32.2. The van der Waals surface area contributed by atoms with Crippen LogP contribution in [-0.2, 0) is 14.8 Å². The van der Waals surface area contributed by atoms with Gasteiger partial charge < -0.3 is 10.5 Å². The number of sulfonamides is 1. The van der Waals surface area contributed by atoms with Gasteiger partial charge in [0, 0.05) is 33.9 Å². The van der Waals surface area contributed by atoms with Gasteiger partial charge in [0.15, 0.2) is 0 Å². The summed E-state index contributed by atoms with van der Waals surface area (Å²) in [6.07, 6.45) is 0.522. The fourth-order valence-electron chi connectivity index (χ4n) is 0.862. The topological polar surface area (TPSA) is 72.6 Å². The number of ether oxygens (including phenoxy) is 1. The molecule has 0 aliphatic carbocycles. The van der Waals surface area contributed by atoms with E-state index >= 15 is 0 Å². The molecule has 80 valence electrons. The van der Waals surface area contributed by atoms with Crippen LogP contribution in [0.25, 0.3) is 0 Å². The molecule has 0 aromatic rings. The lowest BCUT2D eigenvalue weighted by Gasteiger charge is -2.15. The van der Waals surface area contributed by atoms with Crippen LogP contribution >= 0.6 is 0 Å². The summed E-state index contributed by atoms with van der Waals surface area (Å²) >= 11 is 0. The molecule has 5 nitrogen and oxygen atoms in total. The van der Waals surface area contributed by atoms with Gasteiger partial charge in [-0.05, 0) is 6.42 Å². The molecule has 0 aromatic heterocycles. The monoisotopic (exact) mass is 210 g/mol. The quantitative estimate of drug-likeness (QED) is 0.561. The van der Waals surface area contributed by atoms with Gasteiger partial charge in [-0.1, -0.05) is 0 Å². The highest BCUT2D eigenvalue weighted by Gasteiger charge is 2.15. The summed E-state index contributed by atoms with van der Waals surface area (Å²) in [5.41, 5.74) is 5.25. The van der Waals surface area contributed by atoms with Crippen molar-refractivity contribution < 1.29 is 13.2 Å². The number of rotatable bonds is 7. The van der Waals surface area contributed by atoms with E-state index in [1.54, 1.807) is 7.11 Å². The van der Waals surface area contributed by atoms with Crippen molar-refractivity contribution in [3.63, 3.8) is 0 Å². The molecule has 0 amide bonds. The maximum Gasteiger partial charge on any atom is 0.213 e. The van der Waals surface area contributed by atoms with Crippen LogP contribution in [0.2, 0.25) is 0 Å². The number of hydrogen-bond donors (Lipinski definition) is 1. The summed E-state index contributed by atoms with van der Waals surface area (Å²) in [6.45, 7) is 1.19. The molecule has 0 fully saturated rings. The fraction of sp³-hybridized carbons (Fsp3) is 1.00. The highest BCUT2D eigenvalue weighted by Crippen LogP contribution is 1.99. The molecule has 0 saturated heterocycles. The zero-order chi connectivity index (χ0) is 10.3. The van der Waals surface area contributed by atoms with Crippen molar-refractivity contribution in [1.29, 1.82) is 0 Å². The van der Waals surface area contributed by atoms with Crippen LogP contribution in [0, 0.1) is 0 Å². The summed E-state index contributed by atoms with van der Waals surface area (Å²) in [6, 6.07) is 0. The molecule has 0 unspecified atom stereocenters. The van der Waals surface area contributed by atoms with E-state index in [1.807, 2.05) is 0 Å². The number of methoxy groups -OCH3 is 1. The van der Waals surface area contributed by atoms with Crippen LogP contribution in [-0.4, -0.2) is 52.3 Å². The predicted octanol–water partition coefficient (Wildman–Crippen LogP) is -0.757. The molecule has 0 aliphatic heterocycles. The molecule has 0 radical (unpaired) electrons. The van der Waals surface area contributed by atoms with E-state index in [1.165, 1.54) is 11.4 Å². The van der Waals surface area contributed by atoms with E-state index in [4.69, 9.17) is 10.5 Å². The zero-order valence-corrected chi connectivity index (χ0v) is 9.01. The predicted molar refractivity (Wildman–Crippen MR) is 52.0 cm³/mol. The van der Waals surface area contributed by atoms with Crippen molar-refractivity contribution >= 4 is 10.0 Å². The molecular formula is C7H18N2O3S. The zero-order valence-electron chi connectivity index (χ0n) is 8.19. The third-order valence-corrected chi connectivity index (χ3v) is 3.61. The van der Waals surface area contributed by atoms with Crippen LogP contribution in [0.1, 0.15) is 6.42 Å². The molecule has 0 rings (SSSR count). The number of nitrogens with zero attached hydrogens (tertiary/aromatic N) is 1. The molecule has 13 heavy (non-hydrogen) atoms. The average molecular weight is 210 g/mol. The number of hydrogen-bond acceptors (Lipinski definition) is 4. The van der Waals surface area contributed by atoms with Crippen molar-refractivity contribution in [1.82, 2.24) is 4.31 Å². The van der Waals surface area contributed by atoms with Gasteiger partial charge in [0.05, 0.1) is 5.75 Å². The van der Waals surface area contributed by atoms with Crippen molar-refractivity contribution in [2.75, 3.05) is 39.6 Å². The Morgan fingerprint density at radius 2 is 2.08 bits per heavy atom. The van der Waals surface area contributed by atoms with Crippen LogP contribution < -0.4 is 5.73 Å². The Balaban J connectivity index is 3.92. The minimum atomic E-state index is -3.12.